The maximum atomic E-state index is 11.1. The van der Waals surface area contributed by atoms with E-state index in [0.29, 0.717) is 26.1 Å². The zero-order chi connectivity index (χ0) is 19.5. The van der Waals surface area contributed by atoms with Gasteiger partial charge in [0.25, 0.3) is 0 Å². The van der Waals surface area contributed by atoms with E-state index < -0.39 is 10.0 Å². The number of sulfonamides is 1. The van der Waals surface area contributed by atoms with E-state index in [1.165, 1.54) is 11.8 Å². The van der Waals surface area contributed by atoms with Crippen LogP contribution in [0.3, 0.4) is 0 Å². The molecule has 1 rings (SSSR count). The molecule has 0 unspecified atom stereocenters. The van der Waals surface area contributed by atoms with Crippen molar-refractivity contribution in [2.75, 3.05) is 32.4 Å². The van der Waals surface area contributed by atoms with E-state index in [1.54, 1.807) is 0 Å². The summed E-state index contributed by atoms with van der Waals surface area (Å²) in [5.74, 6) is 0.772. The standard InChI is InChI=1S/C19H34N4O2S.HI/c1-5-19(6-2,17-12-9-8-10-13-17)16-22-18(20-7-3)21-14-11-15-23-26(4,24)25;/h8-10,12-13,23H,5-7,11,14-16H2,1-4H3,(H2,20,21,22);1H. The molecule has 0 spiro atoms. The number of guanidine groups is 1. The summed E-state index contributed by atoms with van der Waals surface area (Å²) in [6.07, 6.45) is 3.91. The Morgan fingerprint density at radius 2 is 1.67 bits per heavy atom. The van der Waals surface area contributed by atoms with E-state index >= 15 is 0 Å². The smallest absolute Gasteiger partial charge is 0.208 e. The van der Waals surface area contributed by atoms with Gasteiger partial charge >= 0.3 is 0 Å². The topological polar surface area (TPSA) is 82.6 Å². The summed E-state index contributed by atoms with van der Waals surface area (Å²) in [4.78, 5) is 4.81. The van der Waals surface area contributed by atoms with Crippen LogP contribution in [0.5, 0.6) is 0 Å². The Bertz CT molecular complexity index is 647. The van der Waals surface area contributed by atoms with Gasteiger partial charge in [-0.25, -0.2) is 13.1 Å². The predicted molar refractivity (Wildman–Crippen MR) is 126 cm³/mol. The Hall–Kier alpha value is -0.870. The monoisotopic (exact) mass is 510 g/mol. The summed E-state index contributed by atoms with van der Waals surface area (Å²) in [7, 11) is -3.13. The first-order chi connectivity index (χ1) is 12.4. The van der Waals surface area contributed by atoms with Gasteiger partial charge in [-0.2, -0.15) is 0 Å². The van der Waals surface area contributed by atoms with Crippen LogP contribution in [0, 0.1) is 0 Å². The fourth-order valence-electron chi connectivity index (χ4n) is 2.89. The minimum absolute atomic E-state index is 0. The van der Waals surface area contributed by atoms with E-state index in [4.69, 9.17) is 4.99 Å². The molecular formula is C19H35IN4O2S. The molecule has 0 radical (unpaired) electrons. The van der Waals surface area contributed by atoms with Crippen molar-refractivity contribution in [1.82, 2.24) is 15.4 Å². The Labute approximate surface area is 182 Å². The highest BCUT2D eigenvalue weighted by Gasteiger charge is 2.28. The van der Waals surface area contributed by atoms with Crippen LogP contribution in [-0.2, 0) is 15.4 Å². The van der Waals surface area contributed by atoms with E-state index in [0.717, 1.165) is 25.3 Å². The number of rotatable bonds is 11. The van der Waals surface area contributed by atoms with Crippen molar-refractivity contribution in [2.45, 2.75) is 45.4 Å². The third kappa shape index (κ3) is 9.75. The predicted octanol–water partition coefficient (Wildman–Crippen LogP) is 2.86. The number of benzene rings is 1. The quantitative estimate of drug-likeness (QED) is 0.185. The van der Waals surface area contributed by atoms with Crippen molar-refractivity contribution in [3.8, 4) is 0 Å². The zero-order valence-corrected chi connectivity index (χ0v) is 20.1. The average Bonchev–Trinajstić information content (AvgIpc) is 2.62. The largest absolute Gasteiger partial charge is 0.357 e. The highest BCUT2D eigenvalue weighted by molar-refractivity contribution is 14.0. The Kier molecular flexibility index (Phi) is 12.9. The lowest BCUT2D eigenvalue weighted by molar-refractivity contribution is 0.407. The summed E-state index contributed by atoms with van der Waals surface area (Å²) in [6, 6.07) is 10.6. The van der Waals surface area contributed by atoms with Gasteiger partial charge in [0.1, 0.15) is 0 Å². The third-order valence-electron chi connectivity index (χ3n) is 4.63. The molecule has 0 aliphatic rings. The molecule has 0 atom stereocenters. The van der Waals surface area contributed by atoms with Crippen LogP contribution in [0.15, 0.2) is 35.3 Å². The van der Waals surface area contributed by atoms with E-state index in [-0.39, 0.29) is 29.4 Å². The molecule has 0 heterocycles. The van der Waals surface area contributed by atoms with Crippen molar-refractivity contribution >= 4 is 40.0 Å². The highest BCUT2D eigenvalue weighted by atomic mass is 127. The number of hydrogen-bond acceptors (Lipinski definition) is 3. The molecule has 8 heteroatoms. The van der Waals surface area contributed by atoms with Gasteiger partial charge in [0.15, 0.2) is 5.96 Å². The van der Waals surface area contributed by atoms with Crippen LogP contribution in [0.4, 0.5) is 0 Å². The maximum absolute atomic E-state index is 11.1. The van der Waals surface area contributed by atoms with E-state index in [1.807, 2.05) is 13.0 Å². The number of halogens is 1. The summed E-state index contributed by atoms with van der Waals surface area (Å²) in [5.41, 5.74) is 1.35. The lowest BCUT2D eigenvalue weighted by Gasteiger charge is -2.31. The first-order valence-corrected chi connectivity index (χ1v) is 11.3. The second-order valence-electron chi connectivity index (χ2n) is 6.50. The van der Waals surface area contributed by atoms with Crippen molar-refractivity contribution in [2.24, 2.45) is 4.99 Å². The molecule has 0 bridgehead atoms. The van der Waals surface area contributed by atoms with Crippen LogP contribution in [-0.4, -0.2) is 46.8 Å². The lowest BCUT2D eigenvalue weighted by atomic mass is 9.76. The molecular weight excluding hydrogens is 475 g/mol. The third-order valence-corrected chi connectivity index (χ3v) is 5.36. The minimum atomic E-state index is -3.13. The molecule has 0 amide bonds. The first kappa shape index (κ1) is 26.1. The Morgan fingerprint density at radius 1 is 1.04 bits per heavy atom. The molecule has 0 fully saturated rings. The Balaban J connectivity index is 0.00000676. The van der Waals surface area contributed by atoms with Crippen molar-refractivity contribution in [3.63, 3.8) is 0 Å². The SMILES string of the molecule is CCNC(=NCC(CC)(CC)c1ccccc1)NCCCNS(C)(=O)=O.I. The molecule has 6 nitrogen and oxygen atoms in total. The summed E-state index contributed by atoms with van der Waals surface area (Å²) < 4.78 is 24.6. The number of nitrogens with one attached hydrogen (secondary N) is 3. The van der Waals surface area contributed by atoms with Crippen LogP contribution >= 0.6 is 24.0 Å². The molecule has 1 aromatic carbocycles. The van der Waals surface area contributed by atoms with Crippen LogP contribution < -0.4 is 15.4 Å². The van der Waals surface area contributed by atoms with Gasteiger partial charge in [-0.05, 0) is 31.7 Å². The van der Waals surface area contributed by atoms with Crippen molar-refractivity contribution in [3.05, 3.63) is 35.9 Å². The molecule has 0 saturated heterocycles. The van der Waals surface area contributed by atoms with Crippen molar-refractivity contribution < 1.29 is 8.42 Å². The van der Waals surface area contributed by atoms with Crippen LogP contribution in [0.1, 0.15) is 45.6 Å². The number of aliphatic imine (C=N–C) groups is 1. The molecule has 0 aromatic heterocycles. The second-order valence-corrected chi connectivity index (χ2v) is 8.33. The maximum Gasteiger partial charge on any atom is 0.208 e. The Morgan fingerprint density at radius 3 is 2.19 bits per heavy atom. The number of hydrogen-bond donors (Lipinski definition) is 3. The molecule has 0 aliphatic heterocycles. The van der Waals surface area contributed by atoms with Crippen LogP contribution in [0.25, 0.3) is 0 Å². The fraction of sp³-hybridized carbons (Fsp3) is 0.632. The summed E-state index contributed by atoms with van der Waals surface area (Å²) >= 11 is 0. The summed E-state index contributed by atoms with van der Waals surface area (Å²) in [5, 5.41) is 6.55. The number of nitrogens with zero attached hydrogens (tertiary/aromatic N) is 1. The lowest BCUT2D eigenvalue weighted by Crippen LogP contribution is -2.40. The zero-order valence-electron chi connectivity index (χ0n) is 16.9. The van der Waals surface area contributed by atoms with Crippen LogP contribution in [0.2, 0.25) is 0 Å². The molecule has 0 aliphatic carbocycles. The van der Waals surface area contributed by atoms with Crippen molar-refractivity contribution in [1.29, 1.82) is 0 Å². The van der Waals surface area contributed by atoms with E-state index in [2.05, 4.69) is 53.5 Å². The van der Waals surface area contributed by atoms with Gasteiger partial charge in [-0.15, -0.1) is 24.0 Å². The molecule has 156 valence electrons. The van der Waals surface area contributed by atoms with Gasteiger partial charge in [-0.3, -0.25) is 4.99 Å². The average molecular weight is 510 g/mol. The minimum Gasteiger partial charge on any atom is -0.357 e. The highest BCUT2D eigenvalue weighted by Crippen LogP contribution is 2.31. The van der Waals surface area contributed by atoms with Gasteiger partial charge in [0.05, 0.1) is 12.8 Å². The molecule has 27 heavy (non-hydrogen) atoms. The fourth-order valence-corrected chi connectivity index (χ4v) is 3.40. The molecule has 1 aromatic rings. The second kappa shape index (κ2) is 13.3. The van der Waals surface area contributed by atoms with E-state index in [9.17, 15) is 8.42 Å². The van der Waals surface area contributed by atoms with Gasteiger partial charge in [-0.1, -0.05) is 44.2 Å². The normalized spacial score (nSPS) is 12.4. The van der Waals surface area contributed by atoms with Gasteiger partial charge in [0.2, 0.25) is 10.0 Å². The first-order valence-electron chi connectivity index (χ1n) is 9.39. The molecule has 0 saturated carbocycles. The summed E-state index contributed by atoms with van der Waals surface area (Å²) in [6.45, 7) is 9.03. The van der Waals surface area contributed by atoms with Gasteiger partial charge in [0, 0.05) is 25.0 Å². The molecule has 3 N–H and O–H groups in total. The van der Waals surface area contributed by atoms with Gasteiger partial charge < -0.3 is 10.6 Å².